The number of nitrogens with two attached hydrogens (primary N) is 4. The molecule has 1 rings (SSSR count). The third-order valence-corrected chi connectivity index (χ3v) is 1.21. The molecule has 0 aromatic rings. The maximum absolute atomic E-state index is 9.96. The van der Waals surface area contributed by atoms with Crippen molar-refractivity contribution >= 4 is 18.2 Å². The minimum atomic E-state index is -1.01. The van der Waals surface area contributed by atoms with Crippen LogP contribution in [-0.4, -0.2) is 36.1 Å². The standard InChI is InChI=1S/C5H9NO3.2CH4N2O/c7-5(8)6-4-2-1-3-9-4;2*2-1(3)4/h4,6H,1-3H2,(H,7,8);2*(H4,2,3,4). The number of carbonyl (C=O) groups is 3. The SMILES string of the molecule is NC(N)=O.NC(N)=O.O=C(O)NC1CCCO1. The van der Waals surface area contributed by atoms with Gasteiger partial charge in [0.1, 0.15) is 6.23 Å². The van der Waals surface area contributed by atoms with Crippen LogP contribution in [0.4, 0.5) is 14.4 Å². The third kappa shape index (κ3) is 24.8. The fourth-order valence-corrected chi connectivity index (χ4v) is 0.829. The van der Waals surface area contributed by atoms with E-state index in [1.54, 1.807) is 0 Å². The highest BCUT2D eigenvalue weighted by atomic mass is 16.5. The number of rotatable bonds is 1. The Bertz CT molecular complexity index is 233. The molecule has 0 spiro atoms. The van der Waals surface area contributed by atoms with Crippen LogP contribution in [0.2, 0.25) is 0 Å². The van der Waals surface area contributed by atoms with Crippen LogP contribution < -0.4 is 28.3 Å². The first-order valence-corrected chi connectivity index (χ1v) is 4.46. The molecule has 1 aliphatic heterocycles. The van der Waals surface area contributed by atoms with E-state index in [9.17, 15) is 4.79 Å². The van der Waals surface area contributed by atoms with Crippen LogP contribution in [0.3, 0.4) is 0 Å². The Hall–Kier alpha value is -2.23. The Morgan fingerprint density at radius 1 is 1.12 bits per heavy atom. The molecule has 0 saturated carbocycles. The van der Waals surface area contributed by atoms with Gasteiger partial charge in [0, 0.05) is 6.61 Å². The Morgan fingerprint density at radius 2 is 1.53 bits per heavy atom. The summed E-state index contributed by atoms with van der Waals surface area (Å²) in [6, 6.07) is -1.67. The van der Waals surface area contributed by atoms with Crippen molar-refractivity contribution in [3.63, 3.8) is 0 Å². The lowest BCUT2D eigenvalue weighted by atomic mass is 10.3. The van der Waals surface area contributed by atoms with Crippen LogP contribution in [0.5, 0.6) is 0 Å². The molecule has 10 N–H and O–H groups in total. The Balaban J connectivity index is 0. The van der Waals surface area contributed by atoms with Gasteiger partial charge in [0.25, 0.3) is 0 Å². The van der Waals surface area contributed by atoms with Crippen molar-refractivity contribution in [3.8, 4) is 0 Å². The first-order chi connectivity index (χ1) is 7.75. The molecule has 5 amide bonds. The van der Waals surface area contributed by atoms with Gasteiger partial charge in [-0.1, -0.05) is 0 Å². The fraction of sp³-hybridized carbons (Fsp3) is 0.571. The molecule has 0 aromatic heterocycles. The number of amides is 5. The minimum Gasteiger partial charge on any atom is -0.465 e. The summed E-state index contributed by atoms with van der Waals surface area (Å²) in [5, 5.41) is 10.4. The summed E-state index contributed by atoms with van der Waals surface area (Å²) in [6.45, 7) is 0.672. The second-order valence-electron chi connectivity index (χ2n) is 2.76. The second kappa shape index (κ2) is 10.3. The lowest BCUT2D eigenvalue weighted by Gasteiger charge is -2.06. The number of carboxylic acid groups (broad SMARTS) is 1. The molecule has 0 radical (unpaired) electrons. The molecule has 10 heteroatoms. The molecule has 10 nitrogen and oxygen atoms in total. The van der Waals surface area contributed by atoms with Crippen molar-refractivity contribution in [2.75, 3.05) is 6.61 Å². The van der Waals surface area contributed by atoms with Gasteiger partial charge in [0.05, 0.1) is 0 Å². The van der Waals surface area contributed by atoms with Crippen LogP contribution >= 0.6 is 0 Å². The molecule has 0 bridgehead atoms. The van der Waals surface area contributed by atoms with Crippen molar-refractivity contribution in [1.29, 1.82) is 0 Å². The molecule has 1 heterocycles. The zero-order valence-electron chi connectivity index (χ0n) is 9.09. The lowest BCUT2D eigenvalue weighted by molar-refractivity contribution is 0.0810. The monoisotopic (exact) mass is 251 g/mol. The molecule has 0 aromatic carbocycles. The predicted molar refractivity (Wildman–Crippen MR) is 57.7 cm³/mol. The van der Waals surface area contributed by atoms with Gasteiger partial charge < -0.3 is 32.8 Å². The molecule has 100 valence electrons. The Labute approximate surface area is 97.2 Å². The van der Waals surface area contributed by atoms with Crippen molar-refractivity contribution in [1.82, 2.24) is 5.32 Å². The van der Waals surface area contributed by atoms with Gasteiger partial charge in [0.2, 0.25) is 0 Å². The number of hydrogen-bond donors (Lipinski definition) is 6. The van der Waals surface area contributed by atoms with Crippen LogP contribution in [-0.2, 0) is 4.74 Å². The average molecular weight is 251 g/mol. The molecule has 1 unspecified atom stereocenters. The summed E-state index contributed by atoms with van der Waals surface area (Å²) in [4.78, 5) is 28.0. The molecule has 1 atom stereocenters. The van der Waals surface area contributed by atoms with Crippen LogP contribution in [0.15, 0.2) is 0 Å². The van der Waals surface area contributed by atoms with E-state index in [2.05, 4.69) is 28.3 Å². The van der Waals surface area contributed by atoms with E-state index in [1.165, 1.54) is 0 Å². The van der Waals surface area contributed by atoms with Gasteiger partial charge >= 0.3 is 18.2 Å². The summed E-state index contributed by atoms with van der Waals surface area (Å²) < 4.78 is 4.97. The smallest absolute Gasteiger partial charge is 0.406 e. The van der Waals surface area contributed by atoms with Gasteiger partial charge in [-0.3, -0.25) is 5.32 Å². The van der Waals surface area contributed by atoms with E-state index in [0.717, 1.165) is 12.8 Å². The van der Waals surface area contributed by atoms with E-state index >= 15 is 0 Å². The maximum atomic E-state index is 9.96. The quantitative estimate of drug-likeness (QED) is 0.327. The Kier molecular flexibility index (Phi) is 10.4. The number of primary amides is 4. The van der Waals surface area contributed by atoms with E-state index in [4.69, 9.17) is 19.4 Å². The second-order valence-corrected chi connectivity index (χ2v) is 2.76. The molecule has 0 aliphatic carbocycles. The highest BCUT2D eigenvalue weighted by Gasteiger charge is 2.16. The summed E-state index contributed by atoms with van der Waals surface area (Å²) in [7, 11) is 0. The van der Waals surface area contributed by atoms with Crippen molar-refractivity contribution in [2.24, 2.45) is 22.9 Å². The Morgan fingerprint density at radius 3 is 1.76 bits per heavy atom. The van der Waals surface area contributed by atoms with Crippen LogP contribution in [0, 0.1) is 0 Å². The van der Waals surface area contributed by atoms with E-state index in [-0.39, 0.29) is 6.23 Å². The van der Waals surface area contributed by atoms with Gasteiger partial charge in [-0.05, 0) is 12.8 Å². The van der Waals surface area contributed by atoms with Gasteiger partial charge in [0.15, 0.2) is 0 Å². The van der Waals surface area contributed by atoms with E-state index < -0.39 is 18.2 Å². The summed E-state index contributed by atoms with van der Waals surface area (Å²) in [5.41, 5.74) is 17.0. The maximum Gasteiger partial charge on any atom is 0.406 e. The topological polar surface area (TPSA) is 197 Å². The largest absolute Gasteiger partial charge is 0.465 e. The van der Waals surface area contributed by atoms with Crippen molar-refractivity contribution in [2.45, 2.75) is 19.1 Å². The van der Waals surface area contributed by atoms with Gasteiger partial charge in [-0.25, -0.2) is 14.4 Å². The molecular formula is C7H17N5O5. The number of urea groups is 2. The summed E-state index contributed by atoms with van der Waals surface area (Å²) in [5.74, 6) is 0. The molecule has 1 fully saturated rings. The highest BCUT2D eigenvalue weighted by molar-refractivity contribution is 5.69. The fourth-order valence-electron chi connectivity index (χ4n) is 0.829. The number of carbonyl (C=O) groups excluding carboxylic acids is 2. The number of hydrogen-bond acceptors (Lipinski definition) is 4. The normalized spacial score (nSPS) is 16.6. The number of ether oxygens (including phenoxy) is 1. The zero-order chi connectivity index (χ0) is 13.8. The first kappa shape index (κ1) is 17.2. The van der Waals surface area contributed by atoms with E-state index in [1.807, 2.05) is 0 Å². The van der Waals surface area contributed by atoms with Crippen molar-refractivity contribution in [3.05, 3.63) is 0 Å². The van der Waals surface area contributed by atoms with Crippen molar-refractivity contribution < 1.29 is 24.2 Å². The molecular weight excluding hydrogens is 234 g/mol. The predicted octanol–water partition coefficient (Wildman–Crippen LogP) is -1.56. The highest BCUT2D eigenvalue weighted by Crippen LogP contribution is 2.08. The molecule has 1 aliphatic rings. The summed E-state index contributed by atoms with van der Waals surface area (Å²) >= 11 is 0. The van der Waals surface area contributed by atoms with E-state index in [0.29, 0.717) is 6.61 Å². The van der Waals surface area contributed by atoms with Gasteiger partial charge in [-0.2, -0.15) is 0 Å². The summed E-state index contributed by atoms with van der Waals surface area (Å²) in [6.07, 6.45) is 0.474. The number of nitrogens with one attached hydrogen (secondary N) is 1. The average Bonchev–Trinajstić information content (AvgIpc) is 2.52. The zero-order valence-corrected chi connectivity index (χ0v) is 9.09. The lowest BCUT2D eigenvalue weighted by Crippen LogP contribution is -2.32. The van der Waals surface area contributed by atoms with Crippen LogP contribution in [0.1, 0.15) is 12.8 Å². The molecule has 17 heavy (non-hydrogen) atoms. The van der Waals surface area contributed by atoms with Gasteiger partial charge in [-0.15, -0.1) is 0 Å². The minimum absolute atomic E-state index is 0.262. The third-order valence-electron chi connectivity index (χ3n) is 1.21. The molecule has 1 saturated heterocycles. The van der Waals surface area contributed by atoms with Crippen LogP contribution in [0.25, 0.3) is 0 Å². The first-order valence-electron chi connectivity index (χ1n) is 4.46.